The zero-order valence-corrected chi connectivity index (χ0v) is 9.99. The van der Waals surface area contributed by atoms with E-state index in [0.29, 0.717) is 23.8 Å². The van der Waals surface area contributed by atoms with Gasteiger partial charge in [0.2, 0.25) is 5.75 Å². The van der Waals surface area contributed by atoms with Crippen LogP contribution in [0.5, 0.6) is 17.2 Å². The molecular formula is C11H17NO4. The van der Waals surface area contributed by atoms with Gasteiger partial charge in [-0.2, -0.15) is 5.48 Å². The van der Waals surface area contributed by atoms with Crippen LogP contribution in [0.4, 0.5) is 0 Å². The predicted octanol–water partition coefficient (Wildman–Crippen LogP) is 1.36. The lowest BCUT2D eigenvalue weighted by Gasteiger charge is -2.15. The third-order valence-electron chi connectivity index (χ3n) is 2.19. The first-order valence-corrected chi connectivity index (χ1v) is 4.82. The zero-order chi connectivity index (χ0) is 12.0. The van der Waals surface area contributed by atoms with Crippen LogP contribution in [0.2, 0.25) is 0 Å². The molecule has 0 bridgehead atoms. The van der Waals surface area contributed by atoms with E-state index in [-0.39, 0.29) is 0 Å². The van der Waals surface area contributed by atoms with Gasteiger partial charge in [0.1, 0.15) is 0 Å². The van der Waals surface area contributed by atoms with Gasteiger partial charge in [0.05, 0.1) is 28.4 Å². The zero-order valence-electron chi connectivity index (χ0n) is 9.99. The van der Waals surface area contributed by atoms with Gasteiger partial charge in [-0.05, 0) is 12.1 Å². The summed E-state index contributed by atoms with van der Waals surface area (Å²) < 4.78 is 15.7. The molecule has 0 atom stereocenters. The van der Waals surface area contributed by atoms with E-state index in [1.165, 1.54) is 0 Å². The molecule has 1 aromatic rings. The van der Waals surface area contributed by atoms with Crippen LogP contribution in [0.25, 0.3) is 0 Å². The first kappa shape index (κ1) is 12.6. The van der Waals surface area contributed by atoms with Crippen molar-refractivity contribution in [2.24, 2.45) is 0 Å². The molecule has 5 heteroatoms. The number of rotatable bonds is 6. The summed E-state index contributed by atoms with van der Waals surface area (Å²) in [6.07, 6.45) is 0. The molecular weight excluding hydrogens is 210 g/mol. The Hall–Kier alpha value is -1.46. The van der Waals surface area contributed by atoms with Gasteiger partial charge in [0, 0.05) is 12.1 Å². The normalized spacial score (nSPS) is 10.0. The summed E-state index contributed by atoms with van der Waals surface area (Å²) >= 11 is 0. The topological polar surface area (TPSA) is 49.0 Å². The highest BCUT2D eigenvalue weighted by atomic mass is 16.6. The number of hydroxylamine groups is 1. The summed E-state index contributed by atoms with van der Waals surface area (Å²) in [5.41, 5.74) is 3.68. The molecule has 0 radical (unpaired) electrons. The molecule has 0 fully saturated rings. The van der Waals surface area contributed by atoms with Crippen LogP contribution < -0.4 is 19.7 Å². The Morgan fingerprint density at radius 3 is 2.12 bits per heavy atom. The minimum absolute atomic E-state index is 0.528. The quantitative estimate of drug-likeness (QED) is 0.744. The molecule has 0 saturated carbocycles. The molecule has 5 nitrogen and oxygen atoms in total. The summed E-state index contributed by atoms with van der Waals surface area (Å²) in [7, 11) is 6.32. The van der Waals surface area contributed by atoms with Crippen LogP contribution in [0.3, 0.4) is 0 Å². The van der Waals surface area contributed by atoms with Crippen LogP contribution in [-0.2, 0) is 11.4 Å². The van der Waals surface area contributed by atoms with Crippen LogP contribution >= 0.6 is 0 Å². The summed E-state index contributed by atoms with van der Waals surface area (Å²) in [5, 5.41) is 0. The second-order valence-electron chi connectivity index (χ2n) is 3.02. The maximum atomic E-state index is 5.31. The third kappa shape index (κ3) is 2.56. The standard InChI is InChI=1S/C11H17NO4/c1-13-9-6-5-8(7-12-16-4)10(14-2)11(9)15-3/h5-6,12H,7H2,1-4H3. The average Bonchev–Trinajstić information content (AvgIpc) is 2.34. The van der Waals surface area contributed by atoms with Gasteiger partial charge in [-0.15, -0.1) is 0 Å². The highest BCUT2D eigenvalue weighted by Gasteiger charge is 2.15. The molecule has 0 amide bonds. The molecule has 16 heavy (non-hydrogen) atoms. The summed E-state index contributed by atoms with van der Waals surface area (Å²) in [4.78, 5) is 4.80. The second-order valence-corrected chi connectivity index (χ2v) is 3.02. The van der Waals surface area contributed by atoms with Gasteiger partial charge in [-0.25, -0.2) is 0 Å². The van der Waals surface area contributed by atoms with Crippen molar-refractivity contribution in [2.75, 3.05) is 28.4 Å². The monoisotopic (exact) mass is 227 g/mol. The van der Waals surface area contributed by atoms with Gasteiger partial charge in [0.25, 0.3) is 0 Å². The average molecular weight is 227 g/mol. The molecule has 0 unspecified atom stereocenters. The lowest BCUT2D eigenvalue weighted by Crippen LogP contribution is -2.12. The molecule has 1 aromatic carbocycles. The SMILES string of the molecule is CONCc1ccc(OC)c(OC)c1OC. The van der Waals surface area contributed by atoms with E-state index in [4.69, 9.17) is 19.0 Å². The Labute approximate surface area is 95.2 Å². The maximum Gasteiger partial charge on any atom is 0.203 e. The van der Waals surface area contributed by atoms with Gasteiger partial charge in [-0.3, -0.25) is 0 Å². The van der Waals surface area contributed by atoms with Crippen molar-refractivity contribution in [1.29, 1.82) is 0 Å². The van der Waals surface area contributed by atoms with Crippen molar-refractivity contribution in [3.8, 4) is 17.2 Å². The summed E-state index contributed by atoms with van der Waals surface area (Å²) in [6.45, 7) is 0.528. The molecule has 1 rings (SSSR count). The summed E-state index contributed by atoms with van der Waals surface area (Å²) in [6, 6.07) is 3.72. The van der Waals surface area contributed by atoms with Crippen molar-refractivity contribution in [1.82, 2.24) is 5.48 Å². The van der Waals surface area contributed by atoms with Gasteiger partial charge in [0.15, 0.2) is 11.5 Å². The minimum atomic E-state index is 0.528. The fraction of sp³-hybridized carbons (Fsp3) is 0.455. The minimum Gasteiger partial charge on any atom is -0.493 e. The van der Waals surface area contributed by atoms with E-state index >= 15 is 0 Å². The van der Waals surface area contributed by atoms with Crippen LogP contribution in [0.15, 0.2) is 12.1 Å². The molecule has 0 heterocycles. The molecule has 90 valence electrons. The van der Waals surface area contributed by atoms with Crippen molar-refractivity contribution in [2.45, 2.75) is 6.54 Å². The number of ether oxygens (including phenoxy) is 3. The van der Waals surface area contributed by atoms with E-state index in [1.807, 2.05) is 12.1 Å². The lowest BCUT2D eigenvalue weighted by molar-refractivity contribution is 0.0860. The Bertz CT molecular complexity index is 341. The lowest BCUT2D eigenvalue weighted by atomic mass is 10.1. The molecule has 1 N–H and O–H groups in total. The highest BCUT2D eigenvalue weighted by Crippen LogP contribution is 2.39. The maximum absolute atomic E-state index is 5.31. The van der Waals surface area contributed by atoms with Crippen molar-refractivity contribution >= 4 is 0 Å². The molecule has 0 saturated heterocycles. The number of benzene rings is 1. The van der Waals surface area contributed by atoms with E-state index in [2.05, 4.69) is 5.48 Å². The van der Waals surface area contributed by atoms with Gasteiger partial charge < -0.3 is 19.0 Å². The van der Waals surface area contributed by atoms with Gasteiger partial charge >= 0.3 is 0 Å². The van der Waals surface area contributed by atoms with Crippen LogP contribution in [-0.4, -0.2) is 28.4 Å². The Morgan fingerprint density at radius 1 is 0.938 bits per heavy atom. The Balaban J connectivity index is 3.10. The number of hydrogen-bond acceptors (Lipinski definition) is 5. The fourth-order valence-corrected chi connectivity index (χ4v) is 1.45. The number of nitrogens with one attached hydrogen (secondary N) is 1. The number of hydrogen-bond donors (Lipinski definition) is 1. The molecule has 0 spiro atoms. The van der Waals surface area contributed by atoms with E-state index in [1.54, 1.807) is 28.4 Å². The highest BCUT2D eigenvalue weighted by molar-refractivity contribution is 5.55. The molecule has 0 aliphatic carbocycles. The van der Waals surface area contributed by atoms with E-state index in [9.17, 15) is 0 Å². The van der Waals surface area contributed by atoms with Crippen LogP contribution in [0.1, 0.15) is 5.56 Å². The van der Waals surface area contributed by atoms with Gasteiger partial charge in [-0.1, -0.05) is 0 Å². The smallest absolute Gasteiger partial charge is 0.203 e. The molecule has 0 aliphatic rings. The van der Waals surface area contributed by atoms with Crippen LogP contribution in [0, 0.1) is 0 Å². The molecule has 0 aromatic heterocycles. The third-order valence-corrected chi connectivity index (χ3v) is 2.19. The largest absolute Gasteiger partial charge is 0.493 e. The van der Waals surface area contributed by atoms with E-state index in [0.717, 1.165) is 5.56 Å². The first-order chi connectivity index (χ1) is 7.78. The van der Waals surface area contributed by atoms with Crippen molar-refractivity contribution < 1.29 is 19.0 Å². The van der Waals surface area contributed by atoms with Crippen molar-refractivity contribution in [3.05, 3.63) is 17.7 Å². The second kappa shape index (κ2) is 6.19. The predicted molar refractivity (Wildman–Crippen MR) is 59.9 cm³/mol. The fourth-order valence-electron chi connectivity index (χ4n) is 1.45. The number of methoxy groups -OCH3 is 3. The molecule has 0 aliphatic heterocycles. The Kier molecular flexibility index (Phi) is 4.88. The Morgan fingerprint density at radius 2 is 1.62 bits per heavy atom. The summed E-state index contributed by atoms with van der Waals surface area (Å²) in [5.74, 6) is 1.87. The van der Waals surface area contributed by atoms with E-state index < -0.39 is 0 Å². The first-order valence-electron chi connectivity index (χ1n) is 4.82. The van der Waals surface area contributed by atoms with Crippen molar-refractivity contribution in [3.63, 3.8) is 0 Å².